The third-order valence-electron chi connectivity index (χ3n) is 5.91. The molecular weight excluding hydrogens is 428 g/mol. The van der Waals surface area contributed by atoms with Crippen molar-refractivity contribution in [3.05, 3.63) is 58.4 Å². The fourth-order valence-corrected chi connectivity index (χ4v) is 4.28. The van der Waals surface area contributed by atoms with Gasteiger partial charge in [0, 0.05) is 36.0 Å². The second kappa shape index (κ2) is 8.98. The Morgan fingerprint density at radius 2 is 2.15 bits per heavy atom. The molecule has 1 aromatic heterocycles. The first-order valence-electron chi connectivity index (χ1n) is 10.7. The Kier molecular flexibility index (Phi) is 6.09. The molecule has 0 spiro atoms. The number of aryl methyl sites for hydroxylation is 1. The molecule has 2 aromatic rings. The summed E-state index contributed by atoms with van der Waals surface area (Å²) in [5.74, 6) is -4.45. The maximum absolute atomic E-state index is 13.8. The van der Waals surface area contributed by atoms with Crippen LogP contribution in [0.15, 0.2) is 30.5 Å². The first-order chi connectivity index (χ1) is 15.8. The molecule has 3 heterocycles. The Bertz CT molecular complexity index is 1170. The van der Waals surface area contributed by atoms with Gasteiger partial charge in [-0.25, -0.2) is 8.78 Å². The Balaban J connectivity index is 1.63. The summed E-state index contributed by atoms with van der Waals surface area (Å²) in [5, 5.41) is 12.5. The van der Waals surface area contributed by atoms with E-state index in [9.17, 15) is 23.6 Å². The molecule has 0 saturated carbocycles. The van der Waals surface area contributed by atoms with Crippen LogP contribution in [0.5, 0.6) is 0 Å². The molecule has 0 bridgehead atoms. The van der Waals surface area contributed by atoms with Gasteiger partial charge in [0.1, 0.15) is 6.04 Å². The summed E-state index contributed by atoms with van der Waals surface area (Å²) >= 11 is 0. The van der Waals surface area contributed by atoms with Crippen LogP contribution in [-0.4, -0.2) is 46.8 Å². The number of carbonyl (C=O) groups excluding carboxylic acids is 2. The van der Waals surface area contributed by atoms with Gasteiger partial charge in [-0.15, -0.1) is 0 Å². The number of pyridine rings is 1. The van der Waals surface area contributed by atoms with Crippen molar-refractivity contribution in [2.75, 3.05) is 18.4 Å². The lowest BCUT2D eigenvalue weighted by Crippen LogP contribution is -2.37. The molecule has 4 rings (SSSR count). The van der Waals surface area contributed by atoms with Crippen LogP contribution < -0.4 is 11.1 Å². The summed E-state index contributed by atoms with van der Waals surface area (Å²) in [5.41, 5.74) is 9.48. The molecule has 2 aliphatic rings. The Morgan fingerprint density at radius 3 is 2.91 bits per heavy atom. The number of hydrogen-bond donors (Lipinski definition) is 2. The number of anilines is 1. The number of primary amides is 1. The summed E-state index contributed by atoms with van der Waals surface area (Å²) in [4.78, 5) is 29.9. The number of hydrogen-bond acceptors (Lipinski definition) is 5. The summed E-state index contributed by atoms with van der Waals surface area (Å²) in [6.45, 7) is 0.126. The van der Waals surface area contributed by atoms with Gasteiger partial charge in [0.05, 0.1) is 24.7 Å². The largest absolute Gasteiger partial charge is 0.385 e. The molecule has 33 heavy (non-hydrogen) atoms. The quantitative estimate of drug-likeness (QED) is 0.726. The van der Waals surface area contributed by atoms with Crippen molar-refractivity contribution in [2.45, 2.75) is 37.6 Å². The fourth-order valence-electron chi connectivity index (χ4n) is 4.28. The maximum Gasteiger partial charge on any atom is 0.268 e. The Hall–Kier alpha value is -3.80. The van der Waals surface area contributed by atoms with Gasteiger partial charge >= 0.3 is 0 Å². The monoisotopic (exact) mass is 451 g/mol. The van der Waals surface area contributed by atoms with E-state index >= 15 is 0 Å². The summed E-state index contributed by atoms with van der Waals surface area (Å²) in [6, 6.07) is 7.99. The molecular formula is C24H23F2N5O2. The van der Waals surface area contributed by atoms with Crippen LogP contribution in [0, 0.1) is 11.3 Å². The minimum Gasteiger partial charge on any atom is -0.385 e. The van der Waals surface area contributed by atoms with Gasteiger partial charge in [0.25, 0.3) is 5.92 Å². The first kappa shape index (κ1) is 22.4. The average Bonchev–Trinajstić information content (AvgIpc) is 3.12. The van der Waals surface area contributed by atoms with Gasteiger partial charge in [-0.3, -0.25) is 14.6 Å². The van der Waals surface area contributed by atoms with E-state index in [-0.39, 0.29) is 17.7 Å². The third-order valence-corrected chi connectivity index (χ3v) is 5.91. The van der Waals surface area contributed by atoms with Gasteiger partial charge in [-0.05, 0) is 42.2 Å². The van der Waals surface area contributed by atoms with Crippen molar-refractivity contribution in [1.29, 1.82) is 5.26 Å². The van der Waals surface area contributed by atoms with Crippen LogP contribution in [0.4, 0.5) is 14.5 Å². The molecule has 2 amide bonds. The van der Waals surface area contributed by atoms with E-state index in [0.29, 0.717) is 5.56 Å². The molecule has 9 heteroatoms. The average molecular weight is 451 g/mol. The van der Waals surface area contributed by atoms with E-state index in [0.717, 1.165) is 35.5 Å². The van der Waals surface area contributed by atoms with E-state index in [1.54, 1.807) is 18.2 Å². The molecule has 1 saturated heterocycles. The standard InChI is InChI=1S/C24H23F2N5O2/c25-24(26)12-17(13-27)31(14-24)22(32)11-21-18(19(23(28)33)7-9-30-21)5-3-15-4-6-20-16(10-15)2-1-8-29-20/h3-7,9-10,17,29H,1-2,8,11-12,14H2,(H2,28,33). The van der Waals surface area contributed by atoms with Crippen LogP contribution >= 0.6 is 0 Å². The first-order valence-corrected chi connectivity index (χ1v) is 10.7. The number of alkyl halides is 2. The number of nitrogens with one attached hydrogen (secondary N) is 1. The van der Waals surface area contributed by atoms with Crippen LogP contribution in [0.25, 0.3) is 12.2 Å². The molecule has 1 fully saturated rings. The normalized spacial score (nSPS) is 19.1. The van der Waals surface area contributed by atoms with Gasteiger partial charge < -0.3 is 16.0 Å². The molecule has 0 aliphatic carbocycles. The third kappa shape index (κ3) is 4.85. The lowest BCUT2D eigenvalue weighted by molar-refractivity contribution is -0.131. The number of carbonyl (C=O) groups is 2. The number of fused-ring (bicyclic) bond motifs is 1. The van der Waals surface area contributed by atoms with E-state index in [1.807, 2.05) is 18.2 Å². The maximum atomic E-state index is 13.8. The zero-order valence-electron chi connectivity index (χ0n) is 17.9. The predicted molar refractivity (Wildman–Crippen MR) is 119 cm³/mol. The number of nitrogens with two attached hydrogens (primary N) is 1. The number of nitriles is 1. The molecule has 170 valence electrons. The van der Waals surface area contributed by atoms with Crippen molar-refractivity contribution in [3.63, 3.8) is 0 Å². The second-order valence-electron chi connectivity index (χ2n) is 8.27. The van der Waals surface area contributed by atoms with Gasteiger partial charge in [-0.2, -0.15) is 5.26 Å². The Morgan fingerprint density at radius 1 is 1.33 bits per heavy atom. The number of likely N-dealkylation sites (tertiary alicyclic amines) is 1. The summed E-state index contributed by atoms with van der Waals surface area (Å²) < 4.78 is 27.5. The van der Waals surface area contributed by atoms with Crippen molar-refractivity contribution in [3.8, 4) is 6.07 Å². The van der Waals surface area contributed by atoms with Gasteiger partial charge in [0.2, 0.25) is 11.8 Å². The number of nitrogens with zero attached hydrogens (tertiary/aromatic N) is 3. The highest BCUT2D eigenvalue weighted by atomic mass is 19.3. The lowest BCUT2D eigenvalue weighted by atomic mass is 9.99. The zero-order chi connectivity index (χ0) is 23.6. The van der Waals surface area contributed by atoms with Crippen molar-refractivity contribution >= 4 is 29.7 Å². The van der Waals surface area contributed by atoms with Gasteiger partial charge in [0.15, 0.2) is 0 Å². The van der Waals surface area contributed by atoms with Crippen LogP contribution in [0.3, 0.4) is 0 Å². The molecule has 1 atom stereocenters. The van der Waals surface area contributed by atoms with Crippen LogP contribution in [0.1, 0.15) is 45.6 Å². The molecule has 7 nitrogen and oxygen atoms in total. The highest BCUT2D eigenvalue weighted by molar-refractivity contribution is 5.98. The van der Waals surface area contributed by atoms with Crippen LogP contribution in [-0.2, 0) is 17.6 Å². The van der Waals surface area contributed by atoms with Crippen molar-refractivity contribution in [1.82, 2.24) is 9.88 Å². The predicted octanol–water partition coefficient (Wildman–Crippen LogP) is 3.01. The highest BCUT2D eigenvalue weighted by Crippen LogP contribution is 2.32. The number of rotatable bonds is 5. The van der Waals surface area contributed by atoms with Crippen LogP contribution in [0.2, 0.25) is 0 Å². The SMILES string of the molecule is N#CC1CC(F)(F)CN1C(=O)Cc1nccc(C(N)=O)c1C=Cc1ccc2c(c1)CCCN2. The molecule has 0 radical (unpaired) electrons. The van der Waals surface area contributed by atoms with E-state index in [4.69, 9.17) is 5.73 Å². The molecule has 3 N–H and O–H groups in total. The molecule has 2 aliphatic heterocycles. The highest BCUT2D eigenvalue weighted by Gasteiger charge is 2.47. The molecule has 1 aromatic carbocycles. The summed E-state index contributed by atoms with van der Waals surface area (Å²) in [6.07, 6.45) is 5.80. The summed E-state index contributed by atoms with van der Waals surface area (Å²) in [7, 11) is 0. The smallest absolute Gasteiger partial charge is 0.268 e. The zero-order valence-corrected chi connectivity index (χ0v) is 17.9. The second-order valence-corrected chi connectivity index (χ2v) is 8.27. The lowest BCUT2D eigenvalue weighted by Gasteiger charge is -2.19. The minimum atomic E-state index is -3.11. The van der Waals surface area contributed by atoms with E-state index in [1.165, 1.54) is 17.8 Å². The molecule has 1 unspecified atom stereocenters. The topological polar surface area (TPSA) is 112 Å². The van der Waals surface area contributed by atoms with Gasteiger partial charge in [-0.1, -0.05) is 18.2 Å². The van der Waals surface area contributed by atoms with E-state index in [2.05, 4.69) is 10.3 Å². The number of halogens is 2. The number of aromatic nitrogens is 1. The Labute approximate surface area is 189 Å². The fraction of sp³-hybridized carbons (Fsp3) is 0.333. The van der Waals surface area contributed by atoms with E-state index < -0.39 is 36.7 Å². The number of benzene rings is 1. The minimum absolute atomic E-state index is 0.173. The van der Waals surface area contributed by atoms with Crippen molar-refractivity contribution in [2.24, 2.45) is 5.73 Å². The van der Waals surface area contributed by atoms with Crippen molar-refractivity contribution < 1.29 is 18.4 Å². The number of amides is 2.